The summed E-state index contributed by atoms with van der Waals surface area (Å²) in [6, 6.07) is 11.2. The molecule has 0 unspecified atom stereocenters. The lowest BCUT2D eigenvalue weighted by molar-refractivity contribution is -0.275. The van der Waals surface area contributed by atoms with Crippen LogP contribution in [0, 0.1) is 29.5 Å². The molecule has 0 saturated heterocycles. The van der Waals surface area contributed by atoms with Gasteiger partial charge in [0, 0.05) is 0 Å². The minimum absolute atomic E-state index is 0.508. The molecule has 1 nitrogen and oxygen atoms in total. The maximum Gasteiger partial charge on any atom is 0.573 e. The Morgan fingerprint density at radius 2 is 1.44 bits per heavy atom. The van der Waals surface area contributed by atoms with Gasteiger partial charge in [-0.15, -0.1) is 13.2 Å². The van der Waals surface area contributed by atoms with Gasteiger partial charge in [-0.2, -0.15) is 0 Å². The van der Waals surface area contributed by atoms with E-state index in [1.54, 1.807) is 0 Å². The molecular weight excluding hydrogens is 464 g/mol. The van der Waals surface area contributed by atoms with Gasteiger partial charge in [0.2, 0.25) is 0 Å². The van der Waals surface area contributed by atoms with E-state index in [1.807, 2.05) is 24.3 Å². The maximum atomic E-state index is 14.1. The van der Waals surface area contributed by atoms with Gasteiger partial charge in [0.1, 0.15) is 0 Å². The van der Waals surface area contributed by atoms with Crippen LogP contribution in [-0.4, -0.2) is 6.36 Å². The molecule has 0 N–H and O–H groups in total. The number of benzene rings is 2. The fourth-order valence-electron chi connectivity index (χ4n) is 6.17. The second-order valence-corrected chi connectivity index (χ2v) is 11.0. The topological polar surface area (TPSA) is 9.23 Å². The van der Waals surface area contributed by atoms with Gasteiger partial charge in [0.25, 0.3) is 0 Å². The summed E-state index contributed by atoms with van der Waals surface area (Å²) in [5.74, 6) is 1.86. The first-order valence-electron chi connectivity index (χ1n) is 13.5. The molecule has 2 aliphatic rings. The van der Waals surface area contributed by atoms with E-state index in [4.69, 9.17) is 0 Å². The van der Waals surface area contributed by atoms with Crippen molar-refractivity contribution in [3.05, 3.63) is 59.9 Å². The Morgan fingerprint density at radius 1 is 0.861 bits per heavy atom. The van der Waals surface area contributed by atoms with Gasteiger partial charge in [0.05, 0.1) is 0 Å². The number of hydrogen-bond acceptors (Lipinski definition) is 1. The van der Waals surface area contributed by atoms with Crippen molar-refractivity contribution < 1.29 is 22.3 Å². The summed E-state index contributed by atoms with van der Waals surface area (Å²) >= 11 is 0. The lowest BCUT2D eigenvalue weighted by atomic mass is 9.69. The number of ether oxygens (including phenoxy) is 1. The molecule has 196 valence electrons. The van der Waals surface area contributed by atoms with Gasteiger partial charge < -0.3 is 4.74 Å². The summed E-state index contributed by atoms with van der Waals surface area (Å²) < 4.78 is 54.9. The van der Waals surface area contributed by atoms with Crippen LogP contribution in [0.2, 0.25) is 0 Å². The minimum Gasteiger partial charge on any atom is -0.403 e. The Labute approximate surface area is 212 Å². The van der Waals surface area contributed by atoms with Gasteiger partial charge in [-0.05, 0) is 104 Å². The van der Waals surface area contributed by atoms with E-state index in [9.17, 15) is 17.6 Å². The number of halogens is 4. The predicted molar refractivity (Wildman–Crippen MR) is 138 cm³/mol. The average Bonchev–Trinajstić information content (AvgIpc) is 2.85. The zero-order chi connectivity index (χ0) is 25.7. The summed E-state index contributed by atoms with van der Waals surface area (Å²) in [4.78, 5) is 0. The Hall–Kier alpha value is -2.30. The van der Waals surface area contributed by atoms with Crippen LogP contribution in [0.3, 0.4) is 0 Å². The highest BCUT2D eigenvalue weighted by Crippen LogP contribution is 2.42. The summed E-state index contributed by atoms with van der Waals surface area (Å²) in [6.07, 6.45) is 11.1. The molecule has 0 amide bonds. The fourth-order valence-corrected chi connectivity index (χ4v) is 6.17. The van der Waals surface area contributed by atoms with Gasteiger partial charge >= 0.3 is 6.36 Å². The Balaban J connectivity index is 1.25. The van der Waals surface area contributed by atoms with Crippen LogP contribution in [0.4, 0.5) is 17.6 Å². The van der Waals surface area contributed by atoms with Crippen molar-refractivity contribution in [1.29, 1.82) is 0 Å². The van der Waals surface area contributed by atoms with Crippen molar-refractivity contribution in [1.82, 2.24) is 0 Å². The van der Waals surface area contributed by atoms with E-state index in [-0.39, 0.29) is 0 Å². The van der Waals surface area contributed by atoms with E-state index in [2.05, 4.69) is 24.7 Å². The van der Waals surface area contributed by atoms with Crippen molar-refractivity contribution >= 4 is 5.57 Å². The summed E-state index contributed by atoms with van der Waals surface area (Å²) in [6.45, 7) is 4.51. The van der Waals surface area contributed by atoms with Crippen molar-refractivity contribution in [2.45, 2.75) is 84.4 Å². The van der Waals surface area contributed by atoms with Crippen LogP contribution < -0.4 is 4.74 Å². The number of allylic oxidation sites excluding steroid dienone is 2. The predicted octanol–water partition coefficient (Wildman–Crippen LogP) is 10.2. The molecule has 2 aromatic rings. The van der Waals surface area contributed by atoms with Crippen LogP contribution in [0.15, 0.2) is 48.5 Å². The highest BCUT2D eigenvalue weighted by atomic mass is 19.4. The first-order chi connectivity index (χ1) is 17.2. The van der Waals surface area contributed by atoms with Crippen LogP contribution in [0.1, 0.15) is 83.6 Å². The van der Waals surface area contributed by atoms with Crippen LogP contribution in [-0.2, 0) is 0 Å². The second-order valence-electron chi connectivity index (χ2n) is 11.0. The third kappa shape index (κ3) is 7.36. The van der Waals surface area contributed by atoms with Crippen molar-refractivity contribution in [2.75, 3.05) is 0 Å². The molecule has 0 bridgehead atoms. The number of rotatable bonds is 7. The van der Waals surface area contributed by atoms with Crippen molar-refractivity contribution in [3.63, 3.8) is 0 Å². The Bertz CT molecular complexity index is 1010. The van der Waals surface area contributed by atoms with Crippen LogP contribution >= 0.6 is 0 Å². The molecule has 2 saturated carbocycles. The van der Waals surface area contributed by atoms with Gasteiger partial charge in [0.15, 0.2) is 11.6 Å². The molecule has 4 rings (SSSR count). The van der Waals surface area contributed by atoms with Gasteiger partial charge in [-0.1, -0.05) is 69.0 Å². The van der Waals surface area contributed by atoms with Crippen molar-refractivity contribution in [2.24, 2.45) is 23.7 Å². The van der Waals surface area contributed by atoms with Gasteiger partial charge in [-0.3, -0.25) is 0 Å². The number of alkyl halides is 3. The molecule has 2 fully saturated rings. The van der Waals surface area contributed by atoms with Crippen LogP contribution in [0.5, 0.6) is 5.75 Å². The normalized spacial score (nSPS) is 25.6. The quantitative estimate of drug-likeness (QED) is 0.342. The molecule has 36 heavy (non-hydrogen) atoms. The van der Waals surface area contributed by atoms with Crippen LogP contribution in [0.25, 0.3) is 16.7 Å². The Kier molecular flexibility index (Phi) is 8.79. The van der Waals surface area contributed by atoms with E-state index in [0.29, 0.717) is 5.56 Å². The molecule has 0 spiro atoms. The molecule has 2 aliphatic carbocycles. The van der Waals surface area contributed by atoms with Crippen molar-refractivity contribution in [3.8, 4) is 16.9 Å². The Morgan fingerprint density at radius 3 is 2.03 bits per heavy atom. The highest BCUT2D eigenvalue weighted by molar-refractivity contribution is 5.70. The van der Waals surface area contributed by atoms with E-state index in [0.717, 1.165) is 53.4 Å². The standard InChI is InChI=1S/C31H38F4O/c1-21-6-10-25(11-7-21)26-12-8-23(9-13-26)5-3-4-22(2)24-14-16-27(17-15-24)28-18-19-30(29(32)20-28)36-31(33,34)35/h4,14-21,23,25-26H,3,5-13H2,1-2H3/b22-4+. The fraction of sp³-hybridized carbons (Fsp3) is 0.548. The molecule has 0 radical (unpaired) electrons. The summed E-state index contributed by atoms with van der Waals surface area (Å²) in [7, 11) is 0. The molecular formula is C31H38F4O. The lowest BCUT2D eigenvalue weighted by Gasteiger charge is -2.37. The average molecular weight is 503 g/mol. The monoisotopic (exact) mass is 502 g/mol. The largest absolute Gasteiger partial charge is 0.573 e. The SMILES string of the molecule is C/C(=C\CCC1CCC(C2CCC(C)CC2)CC1)c1ccc(-c2ccc(OC(F)(F)F)c(F)c2)cc1. The first kappa shape index (κ1) is 26.8. The molecule has 0 aromatic heterocycles. The molecule has 0 atom stereocenters. The molecule has 2 aromatic carbocycles. The third-order valence-corrected chi connectivity index (χ3v) is 8.48. The lowest BCUT2D eigenvalue weighted by Crippen LogP contribution is -2.25. The van der Waals surface area contributed by atoms with E-state index in [1.165, 1.54) is 69.4 Å². The maximum absolute atomic E-state index is 14.1. The summed E-state index contributed by atoms with van der Waals surface area (Å²) in [5.41, 5.74) is 3.57. The zero-order valence-corrected chi connectivity index (χ0v) is 21.4. The zero-order valence-electron chi connectivity index (χ0n) is 21.4. The molecule has 5 heteroatoms. The summed E-state index contributed by atoms with van der Waals surface area (Å²) in [5, 5.41) is 0. The van der Waals surface area contributed by atoms with Gasteiger partial charge in [-0.25, -0.2) is 4.39 Å². The van der Waals surface area contributed by atoms with E-state index >= 15 is 0 Å². The third-order valence-electron chi connectivity index (χ3n) is 8.48. The molecule has 0 heterocycles. The number of hydrogen-bond donors (Lipinski definition) is 0. The van der Waals surface area contributed by atoms with E-state index < -0.39 is 17.9 Å². The smallest absolute Gasteiger partial charge is 0.403 e. The second kappa shape index (κ2) is 11.8. The molecule has 0 aliphatic heterocycles. The highest BCUT2D eigenvalue weighted by Gasteiger charge is 2.32. The first-order valence-corrected chi connectivity index (χ1v) is 13.5. The minimum atomic E-state index is -4.92.